The molecule has 2 aromatic heterocycles. The molecule has 2 aromatic rings. The summed E-state index contributed by atoms with van der Waals surface area (Å²) >= 11 is 0. The molecule has 2 aliphatic heterocycles. The van der Waals surface area contributed by atoms with Crippen LogP contribution in [0.5, 0.6) is 0 Å². The highest BCUT2D eigenvalue weighted by atomic mass is 16.5. The second kappa shape index (κ2) is 8.00. The first-order valence-electron chi connectivity index (χ1n) is 9.57. The van der Waals surface area contributed by atoms with Gasteiger partial charge in [-0.3, -0.25) is 9.78 Å². The number of aryl methyl sites for hydroxylation is 1. The second-order valence-electron chi connectivity index (χ2n) is 7.18. The number of piperidine rings is 1. The van der Waals surface area contributed by atoms with Gasteiger partial charge in [0.2, 0.25) is 0 Å². The Morgan fingerprint density at radius 2 is 2.07 bits per heavy atom. The van der Waals surface area contributed by atoms with Crippen LogP contribution < -0.4 is 4.90 Å². The number of likely N-dealkylation sites (tertiary alicyclic amines) is 1. The summed E-state index contributed by atoms with van der Waals surface area (Å²) in [6, 6.07) is 3.97. The zero-order chi connectivity index (χ0) is 18.6. The van der Waals surface area contributed by atoms with Crippen molar-refractivity contribution >= 4 is 11.7 Å². The van der Waals surface area contributed by atoms with Crippen LogP contribution in [-0.4, -0.2) is 65.2 Å². The lowest BCUT2D eigenvalue weighted by Crippen LogP contribution is -2.40. The van der Waals surface area contributed by atoms with Gasteiger partial charge >= 0.3 is 0 Å². The van der Waals surface area contributed by atoms with E-state index in [0.717, 1.165) is 62.8 Å². The highest BCUT2D eigenvalue weighted by molar-refractivity contribution is 5.95. The van der Waals surface area contributed by atoms with Crippen LogP contribution in [0.2, 0.25) is 0 Å². The fourth-order valence-electron chi connectivity index (χ4n) is 3.81. The van der Waals surface area contributed by atoms with Crippen LogP contribution in [0.15, 0.2) is 30.9 Å². The summed E-state index contributed by atoms with van der Waals surface area (Å²) in [5.41, 5.74) is 2.68. The molecule has 0 saturated carbocycles. The van der Waals surface area contributed by atoms with Crippen molar-refractivity contribution in [2.75, 3.05) is 44.3 Å². The van der Waals surface area contributed by atoms with Gasteiger partial charge in [-0.1, -0.05) is 0 Å². The van der Waals surface area contributed by atoms with E-state index in [-0.39, 0.29) is 11.8 Å². The van der Waals surface area contributed by atoms with Crippen molar-refractivity contribution in [3.05, 3.63) is 47.7 Å². The molecule has 1 atom stereocenters. The molecule has 0 spiro atoms. The number of hydrogen-bond donors (Lipinski definition) is 0. The molecule has 4 rings (SSSR count). The van der Waals surface area contributed by atoms with E-state index in [1.807, 2.05) is 17.9 Å². The Morgan fingerprint density at radius 1 is 1.22 bits per heavy atom. The van der Waals surface area contributed by atoms with E-state index in [1.54, 1.807) is 18.7 Å². The van der Waals surface area contributed by atoms with Gasteiger partial charge in [0.15, 0.2) is 0 Å². The molecule has 2 saturated heterocycles. The molecule has 0 N–H and O–H groups in total. The van der Waals surface area contributed by atoms with Crippen molar-refractivity contribution in [2.24, 2.45) is 0 Å². The summed E-state index contributed by atoms with van der Waals surface area (Å²) in [7, 11) is 0. The lowest BCUT2D eigenvalue weighted by molar-refractivity contribution is 0.0704. The smallest absolute Gasteiger partial charge is 0.255 e. The van der Waals surface area contributed by atoms with E-state index in [9.17, 15) is 4.79 Å². The average molecular weight is 367 g/mol. The first kappa shape index (κ1) is 17.9. The lowest BCUT2D eigenvalue weighted by atomic mass is 9.93. The molecule has 4 heterocycles. The van der Waals surface area contributed by atoms with Crippen molar-refractivity contribution in [3.63, 3.8) is 0 Å². The molecule has 2 fully saturated rings. The Hall–Kier alpha value is -2.54. The Kier molecular flexibility index (Phi) is 5.29. The number of ether oxygens (including phenoxy) is 1. The summed E-state index contributed by atoms with van der Waals surface area (Å²) in [5, 5.41) is 0. The number of amides is 1. The predicted octanol–water partition coefficient (Wildman–Crippen LogP) is 2.04. The van der Waals surface area contributed by atoms with Crippen LogP contribution in [-0.2, 0) is 4.74 Å². The number of anilines is 1. The minimum atomic E-state index is 0.0627. The minimum Gasteiger partial charge on any atom is -0.378 e. The third kappa shape index (κ3) is 3.93. The maximum Gasteiger partial charge on any atom is 0.255 e. The van der Waals surface area contributed by atoms with Crippen molar-refractivity contribution < 1.29 is 9.53 Å². The van der Waals surface area contributed by atoms with Gasteiger partial charge < -0.3 is 14.5 Å². The molecule has 0 unspecified atom stereocenters. The van der Waals surface area contributed by atoms with Crippen LogP contribution >= 0.6 is 0 Å². The average Bonchev–Trinajstić information content (AvgIpc) is 2.74. The number of aromatic nitrogens is 3. The molecule has 7 heteroatoms. The number of pyridine rings is 1. The molecule has 1 amide bonds. The fourth-order valence-corrected chi connectivity index (χ4v) is 3.81. The molecular formula is C20H25N5O2. The molecule has 7 nitrogen and oxygen atoms in total. The fraction of sp³-hybridized carbons (Fsp3) is 0.500. The third-order valence-corrected chi connectivity index (χ3v) is 5.41. The van der Waals surface area contributed by atoms with Gasteiger partial charge in [-0.2, -0.15) is 0 Å². The molecule has 0 aromatic carbocycles. The minimum absolute atomic E-state index is 0.0627. The van der Waals surface area contributed by atoms with Crippen LogP contribution in [0.4, 0.5) is 5.82 Å². The van der Waals surface area contributed by atoms with Crippen LogP contribution in [0.3, 0.4) is 0 Å². The van der Waals surface area contributed by atoms with Crippen molar-refractivity contribution in [3.8, 4) is 0 Å². The monoisotopic (exact) mass is 367 g/mol. The van der Waals surface area contributed by atoms with E-state index in [4.69, 9.17) is 4.74 Å². The van der Waals surface area contributed by atoms with Gasteiger partial charge in [0, 0.05) is 50.6 Å². The Labute approximate surface area is 159 Å². The first-order valence-corrected chi connectivity index (χ1v) is 9.57. The molecule has 0 radical (unpaired) electrons. The standard InChI is InChI=1S/C20H25N5O2/c1-15-4-5-21-12-17(15)20(26)25-6-2-3-16(13-25)18-11-19(23-14-22-18)24-7-9-27-10-8-24/h4-5,11-12,14,16H,2-3,6-10,13H2,1H3/t16-/m0/s1. The SMILES string of the molecule is Cc1ccncc1C(=O)N1CCC[C@H](c2cc(N3CCOCC3)ncn2)C1. The maximum absolute atomic E-state index is 12.9. The first-order chi connectivity index (χ1) is 13.2. The predicted molar refractivity (Wildman–Crippen MR) is 102 cm³/mol. The second-order valence-corrected chi connectivity index (χ2v) is 7.18. The lowest BCUT2D eigenvalue weighted by Gasteiger charge is -2.33. The molecular weight excluding hydrogens is 342 g/mol. The zero-order valence-electron chi connectivity index (χ0n) is 15.7. The van der Waals surface area contributed by atoms with Crippen molar-refractivity contribution in [1.82, 2.24) is 19.9 Å². The summed E-state index contributed by atoms with van der Waals surface area (Å²) < 4.78 is 5.43. The quantitative estimate of drug-likeness (QED) is 0.827. The van der Waals surface area contributed by atoms with Gasteiger partial charge in [-0.15, -0.1) is 0 Å². The Bertz CT molecular complexity index is 806. The molecule has 142 valence electrons. The molecule has 0 bridgehead atoms. The van der Waals surface area contributed by atoms with Gasteiger partial charge in [-0.25, -0.2) is 9.97 Å². The van der Waals surface area contributed by atoms with Crippen LogP contribution in [0.1, 0.15) is 40.4 Å². The van der Waals surface area contributed by atoms with E-state index in [0.29, 0.717) is 12.1 Å². The highest BCUT2D eigenvalue weighted by Crippen LogP contribution is 2.28. The molecule has 27 heavy (non-hydrogen) atoms. The number of carbonyl (C=O) groups is 1. The van der Waals surface area contributed by atoms with Gasteiger partial charge in [-0.05, 0) is 31.4 Å². The maximum atomic E-state index is 12.9. The molecule has 0 aliphatic carbocycles. The van der Waals surface area contributed by atoms with Crippen LogP contribution in [0.25, 0.3) is 0 Å². The number of rotatable bonds is 3. The summed E-state index contributed by atoms with van der Waals surface area (Å²) in [5.74, 6) is 1.25. The summed E-state index contributed by atoms with van der Waals surface area (Å²) in [6.07, 6.45) is 7.05. The van der Waals surface area contributed by atoms with Gasteiger partial charge in [0.05, 0.1) is 24.5 Å². The van der Waals surface area contributed by atoms with Gasteiger partial charge in [0.1, 0.15) is 12.1 Å². The van der Waals surface area contributed by atoms with E-state index in [1.165, 1.54) is 0 Å². The number of carbonyl (C=O) groups excluding carboxylic acids is 1. The van der Waals surface area contributed by atoms with E-state index < -0.39 is 0 Å². The van der Waals surface area contributed by atoms with Crippen molar-refractivity contribution in [2.45, 2.75) is 25.7 Å². The number of nitrogens with zero attached hydrogens (tertiary/aromatic N) is 5. The summed E-state index contributed by atoms with van der Waals surface area (Å²) in [4.78, 5) is 30.2. The van der Waals surface area contributed by atoms with Crippen LogP contribution in [0, 0.1) is 6.92 Å². The van der Waals surface area contributed by atoms with E-state index in [2.05, 4.69) is 25.9 Å². The normalized spacial score (nSPS) is 20.6. The molecule has 2 aliphatic rings. The number of hydrogen-bond acceptors (Lipinski definition) is 6. The number of morpholine rings is 1. The highest BCUT2D eigenvalue weighted by Gasteiger charge is 2.27. The Balaban J connectivity index is 1.50. The van der Waals surface area contributed by atoms with Crippen molar-refractivity contribution in [1.29, 1.82) is 0 Å². The van der Waals surface area contributed by atoms with Gasteiger partial charge in [0.25, 0.3) is 5.91 Å². The zero-order valence-corrected chi connectivity index (χ0v) is 15.7. The summed E-state index contributed by atoms with van der Waals surface area (Å²) in [6.45, 7) is 6.59. The third-order valence-electron chi connectivity index (χ3n) is 5.41. The topological polar surface area (TPSA) is 71.5 Å². The van der Waals surface area contributed by atoms with E-state index >= 15 is 0 Å². The Morgan fingerprint density at radius 3 is 2.89 bits per heavy atom. The largest absolute Gasteiger partial charge is 0.378 e.